The van der Waals surface area contributed by atoms with Gasteiger partial charge in [-0.05, 0) is 18.4 Å². The van der Waals surface area contributed by atoms with Crippen LogP contribution in [0.1, 0.15) is 24.8 Å². The molecule has 1 rings (SSSR count). The van der Waals surface area contributed by atoms with Gasteiger partial charge in [-0.25, -0.2) is 0 Å². The van der Waals surface area contributed by atoms with E-state index >= 15 is 0 Å². The zero-order valence-corrected chi connectivity index (χ0v) is 19.0. The number of carbonyl (C=O) groups excluding carboxylic acids is 3. The molecule has 0 saturated heterocycles. The normalized spacial score (nSPS) is 12.9. The van der Waals surface area contributed by atoms with E-state index in [1.54, 1.807) is 30.3 Å². The summed E-state index contributed by atoms with van der Waals surface area (Å²) in [6, 6.07) is 4.92. The number of carbonyl (C=O) groups is 5. The van der Waals surface area contributed by atoms with Crippen LogP contribution in [-0.4, -0.2) is 77.0 Å². The molecule has 35 heavy (non-hydrogen) atoms. The summed E-state index contributed by atoms with van der Waals surface area (Å²) in [6.45, 7) is -0.441. The smallest absolute Gasteiger partial charge is 0.322 e. The van der Waals surface area contributed by atoms with E-state index in [0.717, 1.165) is 0 Å². The number of benzene rings is 1. The highest BCUT2D eigenvalue weighted by molar-refractivity contribution is 5.94. The van der Waals surface area contributed by atoms with Gasteiger partial charge in [-0.2, -0.15) is 0 Å². The third kappa shape index (κ3) is 12.0. The van der Waals surface area contributed by atoms with Crippen molar-refractivity contribution in [2.75, 3.05) is 13.1 Å². The van der Waals surface area contributed by atoms with Gasteiger partial charge < -0.3 is 42.9 Å². The molecule has 0 spiro atoms. The van der Waals surface area contributed by atoms with E-state index in [0.29, 0.717) is 5.56 Å². The number of nitrogens with two attached hydrogens (primary N) is 2. The molecular weight excluding hydrogens is 462 g/mol. The maximum absolute atomic E-state index is 13.0. The Hall–Kier alpha value is -4.20. The second kappa shape index (κ2) is 14.8. The van der Waals surface area contributed by atoms with Crippen molar-refractivity contribution in [1.82, 2.24) is 21.3 Å². The van der Waals surface area contributed by atoms with E-state index in [2.05, 4.69) is 21.3 Å². The largest absolute Gasteiger partial charge is 0.481 e. The van der Waals surface area contributed by atoms with Gasteiger partial charge in [0.2, 0.25) is 17.7 Å². The van der Waals surface area contributed by atoms with Crippen molar-refractivity contribution >= 4 is 35.6 Å². The Bertz CT molecular complexity index is 911. The van der Waals surface area contributed by atoms with Gasteiger partial charge >= 0.3 is 11.9 Å². The lowest BCUT2D eigenvalue weighted by atomic mass is 10.0. The highest BCUT2D eigenvalue weighted by atomic mass is 16.4. The van der Waals surface area contributed by atoms with E-state index in [4.69, 9.17) is 27.1 Å². The summed E-state index contributed by atoms with van der Waals surface area (Å²) in [4.78, 5) is 59.6. The number of nitrogens with one attached hydrogen (secondary N) is 5. The third-order valence-electron chi connectivity index (χ3n) is 4.68. The zero-order valence-electron chi connectivity index (χ0n) is 19.0. The summed E-state index contributed by atoms with van der Waals surface area (Å²) in [5.41, 5.74) is 11.5. The van der Waals surface area contributed by atoms with Crippen LogP contribution in [0.4, 0.5) is 0 Å². The Morgan fingerprint density at radius 3 is 2.09 bits per heavy atom. The second-order valence-corrected chi connectivity index (χ2v) is 7.61. The molecule has 0 aliphatic carbocycles. The summed E-state index contributed by atoms with van der Waals surface area (Å²) in [7, 11) is 0. The topological polar surface area (TPSA) is 250 Å². The summed E-state index contributed by atoms with van der Waals surface area (Å²) < 4.78 is 0. The monoisotopic (exact) mass is 493 g/mol. The lowest BCUT2D eigenvalue weighted by Crippen LogP contribution is -2.56. The maximum Gasteiger partial charge on any atom is 0.322 e. The standard InChI is InChI=1S/C21H31N7O7/c22-13(10-16(29)30)18(33)27-14(7-4-8-25-21(23)24)20(35)28-15(19(34)26-11-17(31)32)9-12-5-2-1-3-6-12/h1-3,5-6,13-15H,4,7-11,22H2,(H,26,34)(H,27,33)(H,28,35)(H,29,30)(H,31,32)(H4,23,24,25)/t13-,14-,15+/m0/s1. The number of carboxylic acids is 2. The highest BCUT2D eigenvalue weighted by Gasteiger charge is 2.29. The molecule has 14 nitrogen and oxygen atoms in total. The van der Waals surface area contributed by atoms with E-state index < -0.39 is 60.8 Å². The van der Waals surface area contributed by atoms with Gasteiger partial charge in [-0.3, -0.25) is 29.4 Å². The minimum atomic E-state index is -1.41. The quantitative estimate of drug-likeness (QED) is 0.0703. The Balaban J connectivity index is 3.00. The number of hydrogen-bond acceptors (Lipinski definition) is 7. The molecule has 3 amide bonds. The first-order valence-electron chi connectivity index (χ1n) is 10.7. The van der Waals surface area contributed by atoms with Crippen LogP contribution in [-0.2, 0) is 30.4 Å². The molecule has 3 atom stereocenters. The average Bonchev–Trinajstić information content (AvgIpc) is 2.78. The number of rotatable bonds is 15. The fourth-order valence-electron chi connectivity index (χ4n) is 2.97. The number of aliphatic carboxylic acids is 2. The van der Waals surface area contributed by atoms with Crippen LogP contribution in [0.25, 0.3) is 0 Å². The maximum atomic E-state index is 13.0. The van der Waals surface area contributed by atoms with E-state index in [-0.39, 0.29) is 31.8 Å². The van der Waals surface area contributed by atoms with E-state index in [1.165, 1.54) is 0 Å². The first-order valence-corrected chi connectivity index (χ1v) is 10.7. The molecular formula is C21H31N7O7. The molecule has 1 aromatic carbocycles. The predicted octanol–water partition coefficient (Wildman–Crippen LogP) is -2.54. The van der Waals surface area contributed by atoms with Crippen LogP contribution >= 0.6 is 0 Å². The molecule has 14 heteroatoms. The van der Waals surface area contributed by atoms with Crippen LogP contribution in [0, 0.1) is 5.41 Å². The van der Waals surface area contributed by atoms with Crippen LogP contribution in [0.3, 0.4) is 0 Å². The van der Waals surface area contributed by atoms with Crippen molar-refractivity contribution < 1.29 is 34.2 Å². The summed E-state index contributed by atoms with van der Waals surface area (Å²) in [5.74, 6) is -5.21. The van der Waals surface area contributed by atoms with Crippen molar-refractivity contribution in [3.63, 3.8) is 0 Å². The third-order valence-corrected chi connectivity index (χ3v) is 4.68. The average molecular weight is 494 g/mol. The summed E-state index contributed by atoms with van der Waals surface area (Å²) in [5, 5.41) is 34.5. The number of guanidine groups is 1. The van der Waals surface area contributed by atoms with Gasteiger partial charge in [-0.1, -0.05) is 30.3 Å². The Morgan fingerprint density at radius 1 is 0.886 bits per heavy atom. The molecule has 1 aromatic rings. The van der Waals surface area contributed by atoms with Crippen LogP contribution in [0.5, 0.6) is 0 Å². The first kappa shape index (κ1) is 28.8. The predicted molar refractivity (Wildman–Crippen MR) is 124 cm³/mol. The molecule has 11 N–H and O–H groups in total. The lowest BCUT2D eigenvalue weighted by molar-refractivity contribution is -0.139. The Morgan fingerprint density at radius 2 is 1.51 bits per heavy atom. The van der Waals surface area contributed by atoms with E-state index in [1.807, 2.05) is 0 Å². The molecule has 0 aliphatic heterocycles. The van der Waals surface area contributed by atoms with Crippen molar-refractivity contribution in [3.05, 3.63) is 35.9 Å². The van der Waals surface area contributed by atoms with Gasteiger partial charge in [-0.15, -0.1) is 0 Å². The second-order valence-electron chi connectivity index (χ2n) is 7.61. The fraction of sp³-hybridized carbons (Fsp3) is 0.429. The molecule has 0 bridgehead atoms. The Kier molecular flexibility index (Phi) is 12.2. The number of carboxylic acid groups (broad SMARTS) is 2. The fourth-order valence-corrected chi connectivity index (χ4v) is 2.97. The minimum absolute atomic E-state index is 0.0448. The molecule has 192 valence electrons. The molecule has 0 fully saturated rings. The number of amides is 3. The molecule has 0 saturated carbocycles. The van der Waals surface area contributed by atoms with Crippen molar-refractivity contribution in [1.29, 1.82) is 5.41 Å². The van der Waals surface area contributed by atoms with E-state index in [9.17, 15) is 24.0 Å². The molecule has 0 aliphatic rings. The number of hydrogen-bond donors (Lipinski definition) is 9. The lowest BCUT2D eigenvalue weighted by Gasteiger charge is -2.24. The highest BCUT2D eigenvalue weighted by Crippen LogP contribution is 2.06. The van der Waals surface area contributed by atoms with Gasteiger partial charge in [0, 0.05) is 13.0 Å². The SMILES string of the molecule is N=C(N)NCCC[C@H](NC(=O)[C@@H](N)CC(=O)O)C(=O)N[C@H](Cc1ccccc1)C(=O)NCC(=O)O. The summed E-state index contributed by atoms with van der Waals surface area (Å²) in [6.07, 6.45) is -0.281. The molecule has 0 unspecified atom stereocenters. The van der Waals surface area contributed by atoms with Crippen molar-refractivity contribution in [3.8, 4) is 0 Å². The minimum Gasteiger partial charge on any atom is -0.481 e. The van der Waals surface area contributed by atoms with Crippen LogP contribution in [0.15, 0.2) is 30.3 Å². The van der Waals surface area contributed by atoms with Gasteiger partial charge in [0.05, 0.1) is 12.5 Å². The van der Waals surface area contributed by atoms with Gasteiger partial charge in [0.25, 0.3) is 0 Å². The molecule has 0 radical (unpaired) electrons. The summed E-state index contributed by atoms with van der Waals surface area (Å²) >= 11 is 0. The first-order chi connectivity index (χ1) is 16.5. The Labute approximate surface area is 201 Å². The molecule has 0 heterocycles. The zero-order chi connectivity index (χ0) is 26.4. The molecule has 0 aromatic heterocycles. The van der Waals surface area contributed by atoms with Gasteiger partial charge in [0.1, 0.15) is 18.6 Å². The van der Waals surface area contributed by atoms with Crippen molar-refractivity contribution in [2.24, 2.45) is 11.5 Å². The van der Waals surface area contributed by atoms with Crippen molar-refractivity contribution in [2.45, 2.75) is 43.8 Å². The van der Waals surface area contributed by atoms with Crippen LogP contribution < -0.4 is 32.7 Å². The van der Waals surface area contributed by atoms with Crippen LogP contribution in [0.2, 0.25) is 0 Å². The van der Waals surface area contributed by atoms with Gasteiger partial charge in [0.15, 0.2) is 5.96 Å².